The van der Waals surface area contributed by atoms with Gasteiger partial charge in [0.25, 0.3) is 0 Å². The van der Waals surface area contributed by atoms with Crippen molar-refractivity contribution in [1.82, 2.24) is 4.98 Å². The number of anilines is 1. The Hall–Kier alpha value is -1.62. The zero-order valence-corrected chi connectivity index (χ0v) is 6.97. The first kappa shape index (κ1) is 9.47. The SMILES string of the molecule is NC(CNc1ccncc1)C(=O)O. The lowest BCUT2D eigenvalue weighted by Gasteiger charge is -2.08. The highest BCUT2D eigenvalue weighted by Gasteiger charge is 2.09. The van der Waals surface area contributed by atoms with Crippen LogP contribution in [0.4, 0.5) is 5.69 Å². The number of hydrogen-bond donors (Lipinski definition) is 3. The predicted molar refractivity (Wildman–Crippen MR) is 48.3 cm³/mol. The van der Waals surface area contributed by atoms with Crippen molar-refractivity contribution in [3.8, 4) is 0 Å². The molecule has 0 saturated heterocycles. The molecule has 0 fully saturated rings. The molecule has 1 aromatic rings. The second-order valence-corrected chi connectivity index (χ2v) is 2.56. The number of hydrogen-bond acceptors (Lipinski definition) is 4. The number of rotatable bonds is 4. The molecule has 1 aromatic heterocycles. The molecule has 5 nitrogen and oxygen atoms in total. The van der Waals surface area contributed by atoms with Gasteiger partial charge in [-0.1, -0.05) is 0 Å². The molecule has 13 heavy (non-hydrogen) atoms. The molecule has 1 rings (SSSR count). The Morgan fingerprint density at radius 3 is 2.77 bits per heavy atom. The fourth-order valence-electron chi connectivity index (χ4n) is 0.785. The number of nitrogens with zero attached hydrogens (tertiary/aromatic N) is 1. The first-order valence-corrected chi connectivity index (χ1v) is 3.82. The average Bonchev–Trinajstić information content (AvgIpc) is 2.15. The van der Waals surface area contributed by atoms with Crippen molar-refractivity contribution in [2.24, 2.45) is 5.73 Å². The number of aliphatic carboxylic acids is 1. The molecule has 0 aliphatic rings. The Morgan fingerprint density at radius 2 is 2.23 bits per heavy atom. The molecule has 0 aromatic carbocycles. The van der Waals surface area contributed by atoms with Gasteiger partial charge in [0.2, 0.25) is 0 Å². The highest BCUT2D eigenvalue weighted by molar-refractivity contribution is 5.73. The van der Waals surface area contributed by atoms with E-state index in [-0.39, 0.29) is 6.54 Å². The van der Waals surface area contributed by atoms with Gasteiger partial charge in [0.15, 0.2) is 0 Å². The van der Waals surface area contributed by atoms with Gasteiger partial charge in [-0.2, -0.15) is 0 Å². The van der Waals surface area contributed by atoms with Crippen LogP contribution in [0.5, 0.6) is 0 Å². The third kappa shape index (κ3) is 3.08. The van der Waals surface area contributed by atoms with E-state index in [1.54, 1.807) is 24.5 Å². The molecule has 0 radical (unpaired) electrons. The number of aromatic nitrogens is 1. The van der Waals surface area contributed by atoms with Gasteiger partial charge < -0.3 is 16.2 Å². The highest BCUT2D eigenvalue weighted by Crippen LogP contribution is 2.02. The third-order valence-electron chi connectivity index (χ3n) is 1.52. The summed E-state index contributed by atoms with van der Waals surface area (Å²) >= 11 is 0. The summed E-state index contributed by atoms with van der Waals surface area (Å²) in [6, 6.07) is 2.61. The van der Waals surface area contributed by atoms with Gasteiger partial charge in [0, 0.05) is 24.6 Å². The third-order valence-corrected chi connectivity index (χ3v) is 1.52. The Bertz CT molecular complexity index is 276. The molecule has 1 heterocycles. The fraction of sp³-hybridized carbons (Fsp3) is 0.250. The highest BCUT2D eigenvalue weighted by atomic mass is 16.4. The minimum atomic E-state index is -1.01. The maximum absolute atomic E-state index is 10.3. The van der Waals surface area contributed by atoms with Crippen LogP contribution in [0.25, 0.3) is 0 Å². The predicted octanol–water partition coefficient (Wildman–Crippen LogP) is -0.0946. The van der Waals surface area contributed by atoms with Crippen molar-refractivity contribution in [2.45, 2.75) is 6.04 Å². The molecule has 1 unspecified atom stereocenters. The minimum absolute atomic E-state index is 0.208. The van der Waals surface area contributed by atoms with Crippen molar-refractivity contribution in [3.63, 3.8) is 0 Å². The molecule has 0 spiro atoms. The molecule has 70 valence electrons. The zero-order chi connectivity index (χ0) is 9.68. The summed E-state index contributed by atoms with van der Waals surface area (Å²) in [6.07, 6.45) is 3.24. The van der Waals surface area contributed by atoms with Crippen LogP contribution in [0, 0.1) is 0 Å². The number of carbonyl (C=O) groups is 1. The Morgan fingerprint density at radius 1 is 1.62 bits per heavy atom. The van der Waals surface area contributed by atoms with E-state index in [2.05, 4.69) is 10.3 Å². The summed E-state index contributed by atoms with van der Waals surface area (Å²) in [5.41, 5.74) is 6.10. The van der Waals surface area contributed by atoms with Gasteiger partial charge in [0.05, 0.1) is 0 Å². The lowest BCUT2D eigenvalue weighted by molar-refractivity contribution is -0.138. The Labute approximate surface area is 75.6 Å². The minimum Gasteiger partial charge on any atom is -0.480 e. The number of nitrogens with one attached hydrogen (secondary N) is 1. The smallest absolute Gasteiger partial charge is 0.322 e. The molecule has 0 saturated carbocycles. The lowest BCUT2D eigenvalue weighted by Crippen LogP contribution is -2.36. The van der Waals surface area contributed by atoms with E-state index < -0.39 is 12.0 Å². The monoisotopic (exact) mass is 181 g/mol. The molecule has 1 atom stereocenters. The molecule has 5 heteroatoms. The van der Waals surface area contributed by atoms with Gasteiger partial charge in [-0.25, -0.2) is 0 Å². The lowest BCUT2D eigenvalue weighted by atomic mass is 10.3. The van der Waals surface area contributed by atoms with Crippen LogP contribution in [-0.2, 0) is 4.79 Å². The van der Waals surface area contributed by atoms with Crippen LogP contribution >= 0.6 is 0 Å². The average molecular weight is 181 g/mol. The molecular formula is C8H11N3O2. The van der Waals surface area contributed by atoms with Crippen molar-refractivity contribution in [3.05, 3.63) is 24.5 Å². The second kappa shape index (κ2) is 4.42. The molecular weight excluding hydrogens is 170 g/mol. The van der Waals surface area contributed by atoms with E-state index in [9.17, 15) is 4.79 Å². The fourth-order valence-corrected chi connectivity index (χ4v) is 0.785. The van der Waals surface area contributed by atoms with Crippen molar-refractivity contribution in [2.75, 3.05) is 11.9 Å². The van der Waals surface area contributed by atoms with Gasteiger partial charge in [-0.3, -0.25) is 9.78 Å². The van der Waals surface area contributed by atoms with Crippen LogP contribution in [-0.4, -0.2) is 28.6 Å². The number of pyridine rings is 1. The molecule has 0 amide bonds. The first-order chi connectivity index (χ1) is 6.20. The summed E-state index contributed by atoms with van der Waals surface area (Å²) in [4.78, 5) is 14.2. The van der Waals surface area contributed by atoms with Crippen molar-refractivity contribution in [1.29, 1.82) is 0 Å². The van der Waals surface area contributed by atoms with E-state index in [1.165, 1.54) is 0 Å². The van der Waals surface area contributed by atoms with Crippen LogP contribution < -0.4 is 11.1 Å². The maximum Gasteiger partial charge on any atom is 0.322 e. The number of carboxylic acids is 1. The summed E-state index contributed by atoms with van der Waals surface area (Å²) in [5.74, 6) is -1.01. The summed E-state index contributed by atoms with van der Waals surface area (Å²) in [7, 11) is 0. The van der Waals surface area contributed by atoms with E-state index in [0.717, 1.165) is 5.69 Å². The molecule has 0 aliphatic carbocycles. The zero-order valence-electron chi connectivity index (χ0n) is 6.97. The Kier molecular flexibility index (Phi) is 3.22. The van der Waals surface area contributed by atoms with Gasteiger partial charge in [0.1, 0.15) is 6.04 Å². The molecule has 0 bridgehead atoms. The van der Waals surface area contributed by atoms with Crippen LogP contribution in [0.3, 0.4) is 0 Å². The van der Waals surface area contributed by atoms with E-state index in [1.807, 2.05) is 0 Å². The van der Waals surface area contributed by atoms with Crippen LogP contribution in [0.15, 0.2) is 24.5 Å². The first-order valence-electron chi connectivity index (χ1n) is 3.82. The number of carboxylic acid groups (broad SMARTS) is 1. The molecule has 4 N–H and O–H groups in total. The summed E-state index contributed by atoms with van der Waals surface area (Å²) in [5, 5.41) is 11.4. The standard InChI is InChI=1S/C8H11N3O2/c9-7(8(12)13)5-11-6-1-3-10-4-2-6/h1-4,7H,5,9H2,(H,10,11)(H,12,13). The largest absolute Gasteiger partial charge is 0.480 e. The van der Waals surface area contributed by atoms with E-state index in [0.29, 0.717) is 0 Å². The molecule has 0 aliphatic heterocycles. The van der Waals surface area contributed by atoms with Crippen molar-refractivity contribution < 1.29 is 9.90 Å². The quantitative estimate of drug-likeness (QED) is 0.604. The number of nitrogens with two attached hydrogens (primary N) is 1. The van der Waals surface area contributed by atoms with E-state index in [4.69, 9.17) is 10.8 Å². The van der Waals surface area contributed by atoms with Crippen LogP contribution in [0.1, 0.15) is 0 Å². The van der Waals surface area contributed by atoms with E-state index >= 15 is 0 Å². The van der Waals surface area contributed by atoms with Crippen molar-refractivity contribution >= 4 is 11.7 Å². The topological polar surface area (TPSA) is 88.2 Å². The van der Waals surface area contributed by atoms with Gasteiger partial charge in [-0.05, 0) is 12.1 Å². The maximum atomic E-state index is 10.3. The normalized spacial score (nSPS) is 12.1. The summed E-state index contributed by atoms with van der Waals surface area (Å²) in [6.45, 7) is 0.208. The Balaban J connectivity index is 2.39. The van der Waals surface area contributed by atoms with Gasteiger partial charge >= 0.3 is 5.97 Å². The van der Waals surface area contributed by atoms with Crippen LogP contribution in [0.2, 0.25) is 0 Å². The second-order valence-electron chi connectivity index (χ2n) is 2.56. The van der Waals surface area contributed by atoms with Gasteiger partial charge in [-0.15, -0.1) is 0 Å². The summed E-state index contributed by atoms with van der Waals surface area (Å²) < 4.78 is 0.